The lowest BCUT2D eigenvalue weighted by Gasteiger charge is -2.06. The first-order chi connectivity index (χ1) is 14.1. The topological polar surface area (TPSA) is 69.0 Å². The monoisotopic (exact) mass is 384 g/mol. The molecule has 0 fully saturated rings. The van der Waals surface area contributed by atoms with Crippen molar-refractivity contribution in [3.8, 4) is 22.7 Å². The average Bonchev–Trinajstić information content (AvgIpc) is 3.22. The van der Waals surface area contributed by atoms with Gasteiger partial charge in [0, 0.05) is 18.0 Å². The second-order valence-electron chi connectivity index (χ2n) is 6.57. The highest BCUT2D eigenvalue weighted by molar-refractivity contribution is 6.07. The molecule has 2 aromatic carbocycles. The molecule has 2 heterocycles. The molecule has 6 nitrogen and oxygen atoms in total. The van der Waals surface area contributed by atoms with Gasteiger partial charge in [-0.2, -0.15) is 5.10 Å². The summed E-state index contributed by atoms with van der Waals surface area (Å²) in [7, 11) is 1.62. The Morgan fingerprint density at radius 3 is 2.41 bits per heavy atom. The Balaban J connectivity index is 1.74. The van der Waals surface area contributed by atoms with Gasteiger partial charge in [-0.3, -0.25) is 4.79 Å². The first-order valence-corrected chi connectivity index (χ1v) is 9.17. The molecule has 29 heavy (non-hydrogen) atoms. The number of carbonyl (C=O) groups is 1. The van der Waals surface area contributed by atoms with Crippen molar-refractivity contribution in [2.75, 3.05) is 12.4 Å². The number of hydrogen-bond donors (Lipinski definition) is 1. The number of aryl methyl sites for hydroxylation is 1. The molecule has 0 saturated carbocycles. The van der Waals surface area contributed by atoms with Crippen molar-refractivity contribution in [3.05, 3.63) is 90.3 Å². The van der Waals surface area contributed by atoms with E-state index in [0.717, 1.165) is 22.6 Å². The summed E-state index contributed by atoms with van der Waals surface area (Å²) in [5.74, 6) is 0.967. The van der Waals surface area contributed by atoms with Gasteiger partial charge >= 0.3 is 0 Å². The second kappa shape index (κ2) is 7.98. The van der Waals surface area contributed by atoms with Gasteiger partial charge in [-0.25, -0.2) is 9.67 Å². The lowest BCUT2D eigenvalue weighted by atomic mass is 10.1. The van der Waals surface area contributed by atoms with Crippen LogP contribution in [0.25, 0.3) is 16.9 Å². The lowest BCUT2D eigenvalue weighted by Crippen LogP contribution is -2.13. The van der Waals surface area contributed by atoms with Crippen LogP contribution in [0.1, 0.15) is 15.9 Å². The van der Waals surface area contributed by atoms with Gasteiger partial charge in [0.25, 0.3) is 5.91 Å². The van der Waals surface area contributed by atoms with E-state index >= 15 is 0 Å². The first kappa shape index (κ1) is 18.4. The summed E-state index contributed by atoms with van der Waals surface area (Å²) in [4.78, 5) is 17.3. The van der Waals surface area contributed by atoms with Crippen molar-refractivity contribution in [1.82, 2.24) is 14.8 Å². The van der Waals surface area contributed by atoms with E-state index in [9.17, 15) is 4.79 Å². The van der Waals surface area contributed by atoms with E-state index in [-0.39, 0.29) is 5.91 Å². The van der Waals surface area contributed by atoms with Crippen LogP contribution in [0.4, 0.5) is 5.82 Å². The SMILES string of the molecule is COc1ccc(-c2nn(-c3ccccc3)cc2C(=O)Nc2ccc(C)cn2)cc1. The standard InChI is InChI=1S/C23H20N4O2/c1-16-8-13-21(24-14-16)25-23(28)20-15-27(18-6-4-3-5-7-18)26-22(20)17-9-11-19(29-2)12-10-17/h3-15H,1-2H3,(H,24,25,28). The van der Waals surface area contributed by atoms with Gasteiger partial charge < -0.3 is 10.1 Å². The Hall–Kier alpha value is -3.93. The predicted octanol–water partition coefficient (Wildman–Crippen LogP) is 4.50. The zero-order valence-corrected chi connectivity index (χ0v) is 16.2. The molecule has 4 aromatic rings. The van der Waals surface area contributed by atoms with Crippen LogP contribution in [0.5, 0.6) is 5.75 Å². The number of amides is 1. The van der Waals surface area contributed by atoms with Crippen LogP contribution in [-0.4, -0.2) is 27.8 Å². The molecule has 2 aromatic heterocycles. The minimum atomic E-state index is -0.269. The molecule has 0 atom stereocenters. The highest BCUT2D eigenvalue weighted by Gasteiger charge is 2.19. The third-order valence-electron chi connectivity index (χ3n) is 4.50. The molecule has 0 spiro atoms. The Bertz CT molecular complexity index is 1120. The van der Waals surface area contributed by atoms with Crippen LogP contribution in [0.3, 0.4) is 0 Å². The molecule has 0 bridgehead atoms. The Morgan fingerprint density at radius 1 is 1.00 bits per heavy atom. The number of carbonyl (C=O) groups excluding carboxylic acids is 1. The number of benzene rings is 2. The van der Waals surface area contributed by atoms with Crippen molar-refractivity contribution in [1.29, 1.82) is 0 Å². The molecule has 0 aliphatic heterocycles. The van der Waals surface area contributed by atoms with Gasteiger partial charge in [0.15, 0.2) is 0 Å². The van der Waals surface area contributed by atoms with E-state index in [1.807, 2.05) is 67.6 Å². The van der Waals surface area contributed by atoms with E-state index in [0.29, 0.717) is 17.1 Å². The molecule has 0 radical (unpaired) electrons. The number of anilines is 1. The van der Waals surface area contributed by atoms with E-state index in [2.05, 4.69) is 15.4 Å². The van der Waals surface area contributed by atoms with Crippen molar-refractivity contribution >= 4 is 11.7 Å². The minimum Gasteiger partial charge on any atom is -0.497 e. The summed E-state index contributed by atoms with van der Waals surface area (Å²) in [5.41, 5.74) is 3.76. The van der Waals surface area contributed by atoms with Gasteiger partial charge in [0.2, 0.25) is 0 Å². The van der Waals surface area contributed by atoms with Crippen LogP contribution in [-0.2, 0) is 0 Å². The molecular formula is C23H20N4O2. The molecular weight excluding hydrogens is 364 g/mol. The molecule has 144 valence electrons. The summed E-state index contributed by atoms with van der Waals surface area (Å²) in [6.07, 6.45) is 3.45. The number of pyridine rings is 1. The maximum absolute atomic E-state index is 13.0. The maximum Gasteiger partial charge on any atom is 0.260 e. The zero-order valence-electron chi connectivity index (χ0n) is 16.2. The fourth-order valence-corrected chi connectivity index (χ4v) is 2.94. The summed E-state index contributed by atoms with van der Waals surface area (Å²) in [6, 6.07) is 20.8. The highest BCUT2D eigenvalue weighted by Crippen LogP contribution is 2.26. The number of aromatic nitrogens is 3. The summed E-state index contributed by atoms with van der Waals surface area (Å²) in [5, 5.41) is 7.53. The van der Waals surface area contributed by atoms with Crippen molar-refractivity contribution in [2.45, 2.75) is 6.92 Å². The Morgan fingerprint density at radius 2 is 1.76 bits per heavy atom. The van der Waals surface area contributed by atoms with Crippen molar-refractivity contribution in [2.24, 2.45) is 0 Å². The second-order valence-corrected chi connectivity index (χ2v) is 6.57. The van der Waals surface area contributed by atoms with E-state index < -0.39 is 0 Å². The highest BCUT2D eigenvalue weighted by atomic mass is 16.5. The van der Waals surface area contributed by atoms with Crippen LogP contribution in [0.15, 0.2) is 79.1 Å². The fourth-order valence-electron chi connectivity index (χ4n) is 2.94. The minimum absolute atomic E-state index is 0.269. The molecule has 6 heteroatoms. The number of ether oxygens (including phenoxy) is 1. The number of nitrogens with zero attached hydrogens (tertiary/aromatic N) is 3. The first-order valence-electron chi connectivity index (χ1n) is 9.17. The number of rotatable bonds is 5. The van der Waals surface area contributed by atoms with Crippen LogP contribution < -0.4 is 10.1 Å². The van der Waals surface area contributed by atoms with Crippen LogP contribution >= 0.6 is 0 Å². The zero-order chi connectivity index (χ0) is 20.2. The van der Waals surface area contributed by atoms with E-state index in [1.165, 1.54) is 0 Å². The van der Waals surface area contributed by atoms with Gasteiger partial charge in [-0.05, 0) is 55.0 Å². The van der Waals surface area contributed by atoms with E-state index in [1.54, 1.807) is 30.3 Å². The van der Waals surface area contributed by atoms with Crippen molar-refractivity contribution < 1.29 is 9.53 Å². The summed E-state index contributed by atoms with van der Waals surface area (Å²) >= 11 is 0. The van der Waals surface area contributed by atoms with Crippen LogP contribution in [0.2, 0.25) is 0 Å². The van der Waals surface area contributed by atoms with Gasteiger partial charge in [-0.15, -0.1) is 0 Å². The lowest BCUT2D eigenvalue weighted by molar-refractivity contribution is 0.102. The number of hydrogen-bond acceptors (Lipinski definition) is 4. The third kappa shape index (κ3) is 4.01. The molecule has 0 aliphatic carbocycles. The number of methoxy groups -OCH3 is 1. The fraction of sp³-hybridized carbons (Fsp3) is 0.0870. The van der Waals surface area contributed by atoms with Gasteiger partial charge in [0.05, 0.1) is 18.4 Å². The molecule has 0 unspecified atom stereocenters. The van der Waals surface area contributed by atoms with E-state index in [4.69, 9.17) is 4.74 Å². The number of nitrogens with one attached hydrogen (secondary N) is 1. The van der Waals surface area contributed by atoms with Gasteiger partial charge in [0.1, 0.15) is 17.3 Å². The molecule has 1 N–H and O–H groups in total. The predicted molar refractivity (Wildman–Crippen MR) is 112 cm³/mol. The normalized spacial score (nSPS) is 10.6. The molecule has 0 saturated heterocycles. The Kier molecular flexibility index (Phi) is 5.07. The molecule has 0 aliphatic rings. The third-order valence-corrected chi connectivity index (χ3v) is 4.50. The maximum atomic E-state index is 13.0. The Labute approximate surface area is 168 Å². The smallest absolute Gasteiger partial charge is 0.260 e. The van der Waals surface area contributed by atoms with Crippen molar-refractivity contribution in [3.63, 3.8) is 0 Å². The average molecular weight is 384 g/mol. The molecule has 4 rings (SSSR count). The number of para-hydroxylation sites is 1. The van der Waals surface area contributed by atoms with Crippen LogP contribution in [0, 0.1) is 6.92 Å². The summed E-state index contributed by atoms with van der Waals surface area (Å²) in [6.45, 7) is 1.95. The molecule has 1 amide bonds. The summed E-state index contributed by atoms with van der Waals surface area (Å²) < 4.78 is 6.94. The van der Waals surface area contributed by atoms with Gasteiger partial charge in [-0.1, -0.05) is 24.3 Å². The quantitative estimate of drug-likeness (QED) is 0.550. The largest absolute Gasteiger partial charge is 0.497 e.